The van der Waals surface area contributed by atoms with Crippen molar-refractivity contribution in [1.29, 1.82) is 0 Å². The molecular formula is C25H37IN4O3. The maximum atomic E-state index is 5.57. The van der Waals surface area contributed by atoms with Crippen LogP contribution in [0.5, 0.6) is 11.5 Å². The van der Waals surface area contributed by atoms with Crippen LogP contribution in [-0.2, 0) is 11.2 Å². The molecule has 0 spiro atoms. The molecule has 1 unspecified atom stereocenters. The highest BCUT2D eigenvalue weighted by Crippen LogP contribution is 2.24. The van der Waals surface area contributed by atoms with Crippen LogP contribution in [0, 0.1) is 0 Å². The molecular weight excluding hydrogens is 531 g/mol. The summed E-state index contributed by atoms with van der Waals surface area (Å²) in [5.74, 6) is 2.59. The molecule has 1 aliphatic heterocycles. The smallest absolute Gasteiger partial charge is 0.191 e. The van der Waals surface area contributed by atoms with Gasteiger partial charge in [-0.15, -0.1) is 24.0 Å². The SMILES string of the molecule is CCNC(=NCC(c1ccc(OC)cc1)N1CCOCC1)NCCc1ccc(OC)cc1.I. The maximum Gasteiger partial charge on any atom is 0.191 e. The Morgan fingerprint density at radius 3 is 2.15 bits per heavy atom. The van der Waals surface area contributed by atoms with Gasteiger partial charge in [-0.05, 0) is 48.7 Å². The van der Waals surface area contributed by atoms with E-state index in [0.29, 0.717) is 6.54 Å². The second kappa shape index (κ2) is 15.0. The normalized spacial score (nSPS) is 15.3. The lowest BCUT2D eigenvalue weighted by molar-refractivity contribution is 0.0179. The third-order valence-corrected chi connectivity index (χ3v) is 5.62. The molecule has 1 heterocycles. The highest BCUT2D eigenvalue weighted by atomic mass is 127. The zero-order valence-corrected chi connectivity index (χ0v) is 22.2. The van der Waals surface area contributed by atoms with Gasteiger partial charge in [0.1, 0.15) is 11.5 Å². The van der Waals surface area contributed by atoms with E-state index in [2.05, 4.69) is 46.7 Å². The van der Waals surface area contributed by atoms with Crippen molar-refractivity contribution in [2.24, 2.45) is 4.99 Å². The van der Waals surface area contributed by atoms with Crippen LogP contribution in [0.15, 0.2) is 53.5 Å². The Hall–Kier alpha value is -2.04. The lowest BCUT2D eigenvalue weighted by Crippen LogP contribution is -2.42. The van der Waals surface area contributed by atoms with Crippen LogP contribution in [0.1, 0.15) is 24.1 Å². The van der Waals surface area contributed by atoms with Crippen molar-refractivity contribution in [3.8, 4) is 11.5 Å². The first kappa shape index (κ1) is 27.2. The number of morpholine rings is 1. The van der Waals surface area contributed by atoms with E-state index in [9.17, 15) is 0 Å². The number of rotatable bonds is 10. The van der Waals surface area contributed by atoms with Crippen LogP contribution in [0.3, 0.4) is 0 Å². The van der Waals surface area contributed by atoms with Crippen LogP contribution in [0.25, 0.3) is 0 Å². The lowest BCUT2D eigenvalue weighted by atomic mass is 10.0. The fourth-order valence-electron chi connectivity index (χ4n) is 3.78. The first-order chi connectivity index (χ1) is 15.7. The Labute approximate surface area is 214 Å². The summed E-state index contributed by atoms with van der Waals surface area (Å²) < 4.78 is 16.1. The van der Waals surface area contributed by atoms with Crippen molar-refractivity contribution < 1.29 is 14.2 Å². The minimum absolute atomic E-state index is 0. The molecule has 1 atom stereocenters. The van der Waals surface area contributed by atoms with Crippen LogP contribution >= 0.6 is 24.0 Å². The van der Waals surface area contributed by atoms with E-state index >= 15 is 0 Å². The van der Waals surface area contributed by atoms with Gasteiger partial charge >= 0.3 is 0 Å². The molecule has 7 nitrogen and oxygen atoms in total. The molecule has 1 fully saturated rings. The third kappa shape index (κ3) is 8.68. The number of hydrogen-bond acceptors (Lipinski definition) is 5. The number of nitrogens with zero attached hydrogens (tertiary/aromatic N) is 2. The second-order valence-corrected chi connectivity index (χ2v) is 7.68. The van der Waals surface area contributed by atoms with Crippen molar-refractivity contribution in [2.75, 3.05) is 60.2 Å². The average molecular weight is 569 g/mol. The van der Waals surface area contributed by atoms with E-state index in [0.717, 1.165) is 63.3 Å². The number of hydrogen-bond donors (Lipinski definition) is 2. The van der Waals surface area contributed by atoms with Crippen LogP contribution < -0.4 is 20.1 Å². The van der Waals surface area contributed by atoms with E-state index < -0.39 is 0 Å². The van der Waals surface area contributed by atoms with Gasteiger partial charge in [0, 0.05) is 26.2 Å². The van der Waals surface area contributed by atoms with Gasteiger partial charge in [-0.1, -0.05) is 24.3 Å². The molecule has 2 aromatic rings. The number of benzene rings is 2. The monoisotopic (exact) mass is 568 g/mol. The minimum Gasteiger partial charge on any atom is -0.497 e. The molecule has 2 aromatic carbocycles. The summed E-state index contributed by atoms with van der Waals surface area (Å²) >= 11 is 0. The Morgan fingerprint density at radius 2 is 1.58 bits per heavy atom. The Kier molecular flexibility index (Phi) is 12.3. The zero-order valence-electron chi connectivity index (χ0n) is 19.9. The molecule has 0 aromatic heterocycles. The summed E-state index contributed by atoms with van der Waals surface area (Å²) in [6.07, 6.45) is 0.916. The molecule has 33 heavy (non-hydrogen) atoms. The summed E-state index contributed by atoms with van der Waals surface area (Å²) in [4.78, 5) is 7.38. The van der Waals surface area contributed by atoms with Crippen LogP contribution in [0.4, 0.5) is 0 Å². The standard InChI is InChI=1S/C25H36N4O3.HI/c1-4-26-25(27-14-13-20-5-9-22(30-2)10-6-20)28-19-24(29-15-17-32-18-16-29)21-7-11-23(31-3)12-8-21;/h5-12,24H,4,13-19H2,1-3H3,(H2,26,27,28);1H. The quantitative estimate of drug-likeness (QED) is 0.260. The predicted octanol–water partition coefficient (Wildman–Crippen LogP) is 3.49. The molecule has 0 radical (unpaired) electrons. The van der Waals surface area contributed by atoms with Crippen LogP contribution in [-0.4, -0.2) is 71.0 Å². The van der Waals surface area contributed by atoms with Crippen molar-refractivity contribution in [1.82, 2.24) is 15.5 Å². The van der Waals surface area contributed by atoms with Gasteiger partial charge < -0.3 is 24.8 Å². The fraction of sp³-hybridized carbons (Fsp3) is 0.480. The number of halogens is 1. The number of ether oxygens (including phenoxy) is 3. The molecule has 1 saturated heterocycles. The van der Waals surface area contributed by atoms with Crippen molar-refractivity contribution >= 4 is 29.9 Å². The van der Waals surface area contributed by atoms with Crippen molar-refractivity contribution in [3.05, 3.63) is 59.7 Å². The average Bonchev–Trinajstić information content (AvgIpc) is 2.85. The lowest BCUT2D eigenvalue weighted by Gasteiger charge is -2.34. The molecule has 0 bridgehead atoms. The highest BCUT2D eigenvalue weighted by Gasteiger charge is 2.22. The topological polar surface area (TPSA) is 67.4 Å². The molecule has 0 amide bonds. The largest absolute Gasteiger partial charge is 0.497 e. The molecule has 182 valence electrons. The Bertz CT molecular complexity index is 825. The zero-order chi connectivity index (χ0) is 22.6. The van der Waals surface area contributed by atoms with Gasteiger partial charge in [0.15, 0.2) is 5.96 Å². The van der Waals surface area contributed by atoms with Crippen molar-refractivity contribution in [3.63, 3.8) is 0 Å². The van der Waals surface area contributed by atoms with E-state index in [4.69, 9.17) is 19.2 Å². The first-order valence-corrected chi connectivity index (χ1v) is 11.3. The van der Waals surface area contributed by atoms with E-state index in [-0.39, 0.29) is 30.0 Å². The van der Waals surface area contributed by atoms with Gasteiger partial charge in [-0.2, -0.15) is 0 Å². The number of aliphatic imine (C=N–C) groups is 1. The molecule has 2 N–H and O–H groups in total. The number of methoxy groups -OCH3 is 2. The molecule has 0 saturated carbocycles. The maximum absolute atomic E-state index is 5.57. The summed E-state index contributed by atoms with van der Waals surface area (Å²) in [5, 5.41) is 6.84. The summed E-state index contributed by atoms with van der Waals surface area (Å²) in [5.41, 5.74) is 2.50. The van der Waals surface area contributed by atoms with E-state index in [1.165, 1.54) is 11.1 Å². The van der Waals surface area contributed by atoms with E-state index in [1.54, 1.807) is 14.2 Å². The summed E-state index contributed by atoms with van der Waals surface area (Å²) in [6, 6.07) is 16.7. The predicted molar refractivity (Wildman–Crippen MR) is 144 cm³/mol. The Balaban J connectivity index is 0.00000385. The third-order valence-electron chi connectivity index (χ3n) is 5.62. The van der Waals surface area contributed by atoms with Gasteiger partial charge in [0.2, 0.25) is 0 Å². The number of guanidine groups is 1. The Morgan fingerprint density at radius 1 is 0.970 bits per heavy atom. The first-order valence-electron chi connectivity index (χ1n) is 11.3. The van der Waals surface area contributed by atoms with Gasteiger partial charge in [0.05, 0.1) is 40.0 Å². The fourth-order valence-corrected chi connectivity index (χ4v) is 3.78. The summed E-state index contributed by atoms with van der Waals surface area (Å²) in [6.45, 7) is 7.73. The van der Waals surface area contributed by atoms with E-state index in [1.807, 2.05) is 24.3 Å². The second-order valence-electron chi connectivity index (χ2n) is 7.68. The molecule has 8 heteroatoms. The van der Waals surface area contributed by atoms with Gasteiger partial charge in [0.25, 0.3) is 0 Å². The molecule has 3 rings (SSSR count). The van der Waals surface area contributed by atoms with Gasteiger partial charge in [-0.25, -0.2) is 0 Å². The van der Waals surface area contributed by atoms with Crippen LogP contribution in [0.2, 0.25) is 0 Å². The minimum atomic E-state index is 0. The van der Waals surface area contributed by atoms with Gasteiger partial charge in [-0.3, -0.25) is 9.89 Å². The molecule has 1 aliphatic rings. The van der Waals surface area contributed by atoms with Crippen molar-refractivity contribution in [2.45, 2.75) is 19.4 Å². The highest BCUT2D eigenvalue weighted by molar-refractivity contribution is 14.0. The molecule has 0 aliphatic carbocycles. The number of nitrogens with one attached hydrogen (secondary N) is 2. The summed E-state index contributed by atoms with van der Waals surface area (Å²) in [7, 11) is 3.38.